The number of rotatable bonds is 8. The SMILES string of the molecule is CCOC(=O)c1ccc(CN2C(=O)C(=O)/C(=C(\O)c3ccc(OC)c(C(C)C)c3)C2c2ccccn2)cc1. The molecule has 0 radical (unpaired) electrons. The van der Waals surface area contributed by atoms with Crippen LogP contribution in [0, 0.1) is 0 Å². The van der Waals surface area contributed by atoms with Gasteiger partial charge in [-0.15, -0.1) is 0 Å². The third-order valence-corrected chi connectivity index (χ3v) is 6.45. The molecule has 1 aliphatic rings. The maximum Gasteiger partial charge on any atom is 0.338 e. The molecular weight excluding hydrogens is 484 g/mol. The number of aliphatic hydroxyl groups is 1. The van der Waals surface area contributed by atoms with Crippen molar-refractivity contribution in [3.63, 3.8) is 0 Å². The molecule has 0 spiro atoms. The Labute approximate surface area is 221 Å². The molecule has 8 nitrogen and oxygen atoms in total. The van der Waals surface area contributed by atoms with Crippen LogP contribution in [0.3, 0.4) is 0 Å². The minimum absolute atomic E-state index is 0.0308. The van der Waals surface area contributed by atoms with Crippen molar-refractivity contribution in [1.29, 1.82) is 0 Å². The van der Waals surface area contributed by atoms with E-state index in [0.29, 0.717) is 28.1 Å². The number of Topliss-reactive ketones (excluding diaryl/α,β-unsaturated/α-hetero) is 1. The van der Waals surface area contributed by atoms with Gasteiger partial charge >= 0.3 is 5.97 Å². The van der Waals surface area contributed by atoms with Crippen LogP contribution in [0.4, 0.5) is 0 Å². The van der Waals surface area contributed by atoms with Gasteiger partial charge in [0.2, 0.25) is 0 Å². The molecule has 1 aliphatic heterocycles. The van der Waals surface area contributed by atoms with E-state index in [1.807, 2.05) is 13.8 Å². The highest BCUT2D eigenvalue weighted by Crippen LogP contribution is 2.40. The Morgan fingerprint density at radius 2 is 1.76 bits per heavy atom. The lowest BCUT2D eigenvalue weighted by molar-refractivity contribution is -0.140. The fraction of sp³-hybridized carbons (Fsp3) is 0.267. The molecule has 4 rings (SSSR count). The highest BCUT2D eigenvalue weighted by molar-refractivity contribution is 6.46. The standard InChI is InChI=1S/C30H30N2O6/c1-5-38-30(36)20-11-9-19(10-12-20)17-32-26(23-8-6-7-15-31-23)25(28(34)29(32)35)27(33)21-13-14-24(37-4)22(16-21)18(2)3/h6-16,18,26,33H,5,17H2,1-4H3/b27-25-. The topological polar surface area (TPSA) is 106 Å². The number of ether oxygens (including phenoxy) is 2. The van der Waals surface area contributed by atoms with Crippen molar-refractivity contribution < 1.29 is 29.0 Å². The first-order valence-corrected chi connectivity index (χ1v) is 12.4. The van der Waals surface area contributed by atoms with E-state index in [2.05, 4.69) is 4.98 Å². The number of hydrogen-bond donors (Lipinski definition) is 1. The summed E-state index contributed by atoms with van der Waals surface area (Å²) < 4.78 is 10.5. The summed E-state index contributed by atoms with van der Waals surface area (Å²) in [6.07, 6.45) is 1.58. The Bertz CT molecular complexity index is 1380. The summed E-state index contributed by atoms with van der Waals surface area (Å²) in [4.78, 5) is 44.4. The Hall–Kier alpha value is -4.46. The molecule has 1 unspecified atom stereocenters. The number of hydrogen-bond acceptors (Lipinski definition) is 7. The van der Waals surface area contributed by atoms with E-state index < -0.39 is 23.7 Å². The highest BCUT2D eigenvalue weighted by atomic mass is 16.5. The van der Waals surface area contributed by atoms with Crippen molar-refractivity contribution >= 4 is 23.4 Å². The van der Waals surface area contributed by atoms with E-state index in [-0.39, 0.29) is 30.4 Å². The molecule has 8 heteroatoms. The number of pyridine rings is 1. The molecule has 1 amide bonds. The Morgan fingerprint density at radius 1 is 1.05 bits per heavy atom. The first-order valence-electron chi connectivity index (χ1n) is 12.4. The minimum Gasteiger partial charge on any atom is -0.507 e. The molecule has 1 atom stereocenters. The van der Waals surface area contributed by atoms with Gasteiger partial charge in [0.05, 0.1) is 30.5 Å². The average Bonchev–Trinajstić information content (AvgIpc) is 3.18. The third kappa shape index (κ3) is 5.16. The van der Waals surface area contributed by atoms with Gasteiger partial charge in [0.15, 0.2) is 0 Å². The number of aliphatic hydroxyl groups excluding tert-OH is 1. The molecule has 3 aromatic rings. The van der Waals surface area contributed by atoms with Crippen molar-refractivity contribution in [2.75, 3.05) is 13.7 Å². The zero-order valence-corrected chi connectivity index (χ0v) is 21.8. The summed E-state index contributed by atoms with van der Waals surface area (Å²) in [6, 6.07) is 16.1. The largest absolute Gasteiger partial charge is 0.507 e. The summed E-state index contributed by atoms with van der Waals surface area (Å²) in [7, 11) is 1.58. The number of carbonyl (C=O) groups excluding carboxylic acids is 3. The van der Waals surface area contributed by atoms with Gasteiger partial charge in [-0.05, 0) is 66.4 Å². The lowest BCUT2D eigenvalue weighted by Crippen LogP contribution is -2.29. The quantitative estimate of drug-likeness (QED) is 0.195. The molecule has 0 saturated carbocycles. The fourth-order valence-electron chi connectivity index (χ4n) is 4.53. The van der Waals surface area contributed by atoms with Gasteiger partial charge in [-0.1, -0.05) is 32.0 Å². The van der Waals surface area contributed by atoms with Gasteiger partial charge < -0.3 is 19.5 Å². The number of benzene rings is 2. The molecule has 38 heavy (non-hydrogen) atoms. The van der Waals surface area contributed by atoms with Crippen molar-refractivity contribution in [3.8, 4) is 5.75 Å². The molecule has 2 aromatic carbocycles. The number of esters is 1. The van der Waals surface area contributed by atoms with Crippen LogP contribution in [0.15, 0.2) is 72.4 Å². The van der Waals surface area contributed by atoms with Crippen molar-refractivity contribution in [2.45, 2.75) is 39.3 Å². The second-order valence-electron chi connectivity index (χ2n) is 9.21. The summed E-state index contributed by atoms with van der Waals surface area (Å²) in [5, 5.41) is 11.4. The first kappa shape index (κ1) is 26.6. The smallest absolute Gasteiger partial charge is 0.338 e. The Morgan fingerprint density at radius 3 is 2.37 bits per heavy atom. The maximum absolute atomic E-state index is 13.3. The van der Waals surface area contributed by atoms with E-state index in [4.69, 9.17) is 9.47 Å². The number of nitrogens with zero attached hydrogens (tertiary/aromatic N) is 2. The lowest BCUT2D eigenvalue weighted by atomic mass is 9.94. The Balaban J connectivity index is 1.78. The molecule has 0 bridgehead atoms. The molecule has 1 aromatic heterocycles. The van der Waals surface area contributed by atoms with Crippen LogP contribution in [-0.4, -0.2) is 46.4 Å². The van der Waals surface area contributed by atoms with Crippen LogP contribution in [-0.2, 0) is 20.9 Å². The van der Waals surface area contributed by atoms with Gasteiger partial charge in [0.25, 0.3) is 11.7 Å². The summed E-state index contributed by atoms with van der Waals surface area (Å²) in [6.45, 7) is 6.08. The first-order chi connectivity index (χ1) is 18.3. The van der Waals surface area contributed by atoms with Crippen LogP contribution >= 0.6 is 0 Å². The van der Waals surface area contributed by atoms with Gasteiger partial charge in [0, 0.05) is 18.3 Å². The minimum atomic E-state index is -0.898. The average molecular weight is 515 g/mol. The summed E-state index contributed by atoms with van der Waals surface area (Å²) in [5.74, 6) is -1.47. The van der Waals surface area contributed by atoms with Crippen LogP contribution in [0.2, 0.25) is 0 Å². The lowest BCUT2D eigenvalue weighted by Gasteiger charge is -2.24. The normalized spacial score (nSPS) is 16.7. The highest BCUT2D eigenvalue weighted by Gasteiger charge is 2.46. The fourth-order valence-corrected chi connectivity index (χ4v) is 4.53. The zero-order valence-electron chi connectivity index (χ0n) is 21.8. The predicted molar refractivity (Wildman–Crippen MR) is 142 cm³/mol. The molecular formula is C30H30N2O6. The molecule has 1 fully saturated rings. The van der Waals surface area contributed by atoms with Crippen LogP contribution in [0.1, 0.15) is 65.5 Å². The van der Waals surface area contributed by atoms with E-state index >= 15 is 0 Å². The van der Waals surface area contributed by atoms with Crippen molar-refractivity contribution in [2.24, 2.45) is 0 Å². The van der Waals surface area contributed by atoms with Crippen LogP contribution in [0.25, 0.3) is 5.76 Å². The summed E-state index contributed by atoms with van der Waals surface area (Å²) >= 11 is 0. The van der Waals surface area contributed by atoms with Crippen molar-refractivity contribution in [3.05, 3.63) is 100 Å². The second-order valence-corrected chi connectivity index (χ2v) is 9.21. The van der Waals surface area contributed by atoms with Gasteiger partial charge in [0.1, 0.15) is 17.6 Å². The number of likely N-dealkylation sites (tertiary alicyclic amines) is 1. The molecule has 1 N–H and O–H groups in total. The van der Waals surface area contributed by atoms with Gasteiger partial charge in [-0.25, -0.2) is 4.79 Å². The molecule has 1 saturated heterocycles. The number of amides is 1. The predicted octanol–water partition coefficient (Wildman–Crippen LogP) is 5.01. The van der Waals surface area contributed by atoms with E-state index in [1.54, 1.807) is 80.9 Å². The maximum atomic E-state index is 13.3. The van der Waals surface area contributed by atoms with Crippen molar-refractivity contribution in [1.82, 2.24) is 9.88 Å². The summed E-state index contributed by atoms with van der Waals surface area (Å²) in [5.41, 5.74) is 2.78. The second kappa shape index (κ2) is 11.3. The monoisotopic (exact) mass is 514 g/mol. The number of carbonyl (C=O) groups is 3. The number of ketones is 1. The molecule has 2 heterocycles. The molecule has 0 aliphatic carbocycles. The van der Waals surface area contributed by atoms with Gasteiger partial charge in [-0.3, -0.25) is 14.6 Å². The van der Waals surface area contributed by atoms with E-state index in [1.165, 1.54) is 4.90 Å². The zero-order chi connectivity index (χ0) is 27.4. The van der Waals surface area contributed by atoms with Crippen LogP contribution < -0.4 is 4.74 Å². The Kier molecular flexibility index (Phi) is 7.90. The van der Waals surface area contributed by atoms with Gasteiger partial charge in [-0.2, -0.15) is 0 Å². The van der Waals surface area contributed by atoms with E-state index in [0.717, 1.165) is 5.56 Å². The molecule has 196 valence electrons. The van der Waals surface area contributed by atoms with E-state index in [9.17, 15) is 19.5 Å². The third-order valence-electron chi connectivity index (χ3n) is 6.45. The van der Waals surface area contributed by atoms with Crippen LogP contribution in [0.5, 0.6) is 5.75 Å². The number of methoxy groups -OCH3 is 1. The number of aromatic nitrogens is 1.